The first-order valence-corrected chi connectivity index (χ1v) is 8.06. The zero-order valence-electron chi connectivity index (χ0n) is 11.0. The number of amides is 1. The average Bonchev–Trinajstić information content (AvgIpc) is 3.23. The lowest BCUT2D eigenvalue weighted by molar-refractivity contribution is -0.121. The summed E-state index contributed by atoms with van der Waals surface area (Å²) in [5.41, 5.74) is 1.28. The molecule has 0 bridgehead atoms. The molecule has 4 heteroatoms. The van der Waals surface area contributed by atoms with Gasteiger partial charge in [0.1, 0.15) is 0 Å². The zero-order valence-corrected chi connectivity index (χ0v) is 11.8. The van der Waals surface area contributed by atoms with Gasteiger partial charge in [-0.25, -0.2) is 0 Å². The minimum absolute atomic E-state index is 0.167. The molecule has 19 heavy (non-hydrogen) atoms. The van der Waals surface area contributed by atoms with Gasteiger partial charge in [0.25, 0.3) is 0 Å². The Bertz CT molecular complexity index is 459. The predicted molar refractivity (Wildman–Crippen MR) is 78.3 cm³/mol. The third-order valence-corrected chi connectivity index (χ3v) is 4.78. The molecule has 3 nitrogen and oxygen atoms in total. The zero-order chi connectivity index (χ0) is 13.1. The van der Waals surface area contributed by atoms with E-state index in [1.807, 2.05) is 11.8 Å². The fraction of sp³-hybridized carbons (Fsp3) is 0.533. The number of carbonyl (C=O) groups is 1. The summed E-state index contributed by atoms with van der Waals surface area (Å²) in [6, 6.07) is 9.28. The Morgan fingerprint density at radius 3 is 2.95 bits per heavy atom. The molecule has 102 valence electrons. The summed E-state index contributed by atoms with van der Waals surface area (Å²) >= 11 is 1.89. The van der Waals surface area contributed by atoms with E-state index in [2.05, 4.69) is 34.9 Å². The van der Waals surface area contributed by atoms with E-state index in [0.29, 0.717) is 12.5 Å². The van der Waals surface area contributed by atoms with Gasteiger partial charge in [-0.1, -0.05) is 18.2 Å². The predicted octanol–water partition coefficient (Wildman–Crippen LogP) is 2.48. The van der Waals surface area contributed by atoms with Crippen molar-refractivity contribution in [3.63, 3.8) is 0 Å². The van der Waals surface area contributed by atoms with E-state index in [1.54, 1.807) is 0 Å². The molecular weight excluding hydrogens is 256 g/mol. The number of benzene rings is 1. The van der Waals surface area contributed by atoms with Crippen LogP contribution in [0.1, 0.15) is 37.3 Å². The maximum absolute atomic E-state index is 12.0. The molecule has 1 atom stereocenters. The molecule has 0 radical (unpaired) electrons. The molecule has 1 aliphatic carbocycles. The first-order chi connectivity index (χ1) is 9.33. The van der Waals surface area contributed by atoms with Gasteiger partial charge in [0.2, 0.25) is 5.91 Å². The molecule has 0 saturated heterocycles. The minimum Gasteiger partial charge on any atom is -0.349 e. The van der Waals surface area contributed by atoms with Gasteiger partial charge in [-0.05, 0) is 30.9 Å². The highest BCUT2D eigenvalue weighted by Crippen LogP contribution is 2.35. The van der Waals surface area contributed by atoms with Gasteiger partial charge in [0.05, 0.1) is 6.04 Å². The molecule has 1 aliphatic heterocycles. The van der Waals surface area contributed by atoms with E-state index in [4.69, 9.17) is 0 Å². The van der Waals surface area contributed by atoms with Crippen molar-refractivity contribution < 1.29 is 4.79 Å². The van der Waals surface area contributed by atoms with Crippen LogP contribution in [0, 0.1) is 0 Å². The summed E-state index contributed by atoms with van der Waals surface area (Å²) in [6.45, 7) is 0.805. The molecule has 3 rings (SSSR count). The van der Waals surface area contributed by atoms with Crippen LogP contribution < -0.4 is 10.6 Å². The Kier molecular flexibility index (Phi) is 4.09. The van der Waals surface area contributed by atoms with Crippen LogP contribution in [0.5, 0.6) is 0 Å². The molecule has 1 saturated carbocycles. The second-order valence-electron chi connectivity index (χ2n) is 5.27. The number of hydrogen-bond acceptors (Lipinski definition) is 3. The second-order valence-corrected chi connectivity index (χ2v) is 6.41. The van der Waals surface area contributed by atoms with Gasteiger partial charge in [-0.3, -0.25) is 4.79 Å². The van der Waals surface area contributed by atoms with Crippen LogP contribution in [0.4, 0.5) is 0 Å². The largest absolute Gasteiger partial charge is 0.349 e. The summed E-state index contributed by atoms with van der Waals surface area (Å²) in [6.07, 6.45) is 4.16. The number of rotatable bonds is 5. The summed E-state index contributed by atoms with van der Waals surface area (Å²) in [5.74, 6) is 1.25. The lowest BCUT2D eigenvalue weighted by Gasteiger charge is -2.25. The van der Waals surface area contributed by atoms with Crippen LogP contribution >= 0.6 is 11.8 Å². The fourth-order valence-electron chi connectivity index (χ4n) is 2.44. The van der Waals surface area contributed by atoms with Gasteiger partial charge in [0, 0.05) is 29.7 Å². The van der Waals surface area contributed by atoms with Crippen molar-refractivity contribution in [2.75, 3.05) is 12.3 Å². The molecule has 1 aromatic carbocycles. The monoisotopic (exact) mass is 276 g/mol. The van der Waals surface area contributed by atoms with Crippen LogP contribution in [0.25, 0.3) is 0 Å². The minimum atomic E-state index is 0.167. The standard InChI is InChI=1S/C15H20N2OS/c18-15(7-9-16-11-5-6-11)17-13-8-10-19-14-4-2-1-3-12(13)14/h1-4,11,13,16H,5-10H2,(H,17,18). The highest BCUT2D eigenvalue weighted by Gasteiger charge is 2.23. The van der Waals surface area contributed by atoms with Crippen molar-refractivity contribution in [2.45, 2.75) is 42.7 Å². The van der Waals surface area contributed by atoms with Gasteiger partial charge in [-0.15, -0.1) is 11.8 Å². The molecule has 0 spiro atoms. The quantitative estimate of drug-likeness (QED) is 0.868. The normalized spacial score (nSPS) is 21.8. The van der Waals surface area contributed by atoms with E-state index < -0.39 is 0 Å². The SMILES string of the molecule is O=C(CCNC1CC1)NC1CCSc2ccccc21. The van der Waals surface area contributed by atoms with Crippen molar-refractivity contribution in [1.29, 1.82) is 0 Å². The van der Waals surface area contributed by atoms with Crippen molar-refractivity contribution in [3.05, 3.63) is 29.8 Å². The maximum atomic E-state index is 12.0. The number of carbonyl (C=O) groups excluding carboxylic acids is 1. The first-order valence-electron chi connectivity index (χ1n) is 7.07. The number of thioether (sulfide) groups is 1. The Morgan fingerprint density at radius 2 is 2.11 bits per heavy atom. The van der Waals surface area contributed by atoms with E-state index in [0.717, 1.165) is 18.7 Å². The van der Waals surface area contributed by atoms with E-state index in [1.165, 1.54) is 23.3 Å². The number of nitrogens with one attached hydrogen (secondary N) is 2. The van der Waals surface area contributed by atoms with Crippen LogP contribution in [0.3, 0.4) is 0 Å². The summed E-state index contributed by atoms with van der Waals surface area (Å²) in [7, 11) is 0. The van der Waals surface area contributed by atoms with Crippen molar-refractivity contribution >= 4 is 17.7 Å². The average molecular weight is 276 g/mol. The molecule has 1 heterocycles. The second kappa shape index (κ2) is 5.97. The fourth-order valence-corrected chi connectivity index (χ4v) is 3.56. The van der Waals surface area contributed by atoms with Crippen molar-refractivity contribution in [1.82, 2.24) is 10.6 Å². The van der Waals surface area contributed by atoms with E-state index in [9.17, 15) is 4.79 Å². The van der Waals surface area contributed by atoms with E-state index >= 15 is 0 Å². The van der Waals surface area contributed by atoms with Crippen LogP contribution in [-0.4, -0.2) is 24.2 Å². The van der Waals surface area contributed by atoms with Crippen molar-refractivity contribution in [2.24, 2.45) is 0 Å². The Morgan fingerprint density at radius 1 is 1.26 bits per heavy atom. The number of fused-ring (bicyclic) bond motifs is 1. The smallest absolute Gasteiger partial charge is 0.221 e. The molecule has 2 aliphatic rings. The molecule has 1 fully saturated rings. The lowest BCUT2D eigenvalue weighted by atomic mass is 10.0. The topological polar surface area (TPSA) is 41.1 Å². The van der Waals surface area contributed by atoms with Gasteiger partial charge in [0.15, 0.2) is 0 Å². The molecule has 1 aromatic rings. The molecule has 2 N–H and O–H groups in total. The molecule has 0 aromatic heterocycles. The van der Waals surface area contributed by atoms with Crippen LogP contribution in [0.2, 0.25) is 0 Å². The third-order valence-electron chi connectivity index (χ3n) is 3.66. The summed E-state index contributed by atoms with van der Waals surface area (Å²) < 4.78 is 0. The van der Waals surface area contributed by atoms with Crippen LogP contribution in [-0.2, 0) is 4.79 Å². The number of hydrogen-bond donors (Lipinski definition) is 2. The van der Waals surface area contributed by atoms with E-state index in [-0.39, 0.29) is 11.9 Å². The van der Waals surface area contributed by atoms with Gasteiger partial charge in [-0.2, -0.15) is 0 Å². The summed E-state index contributed by atoms with van der Waals surface area (Å²) in [5, 5.41) is 6.56. The highest BCUT2D eigenvalue weighted by molar-refractivity contribution is 7.99. The first kappa shape index (κ1) is 13.0. The lowest BCUT2D eigenvalue weighted by Crippen LogP contribution is -2.33. The van der Waals surface area contributed by atoms with Crippen molar-refractivity contribution in [3.8, 4) is 0 Å². The Hall–Kier alpha value is -1.00. The molecular formula is C15H20N2OS. The highest BCUT2D eigenvalue weighted by atomic mass is 32.2. The molecule has 1 amide bonds. The summed E-state index contributed by atoms with van der Waals surface area (Å²) in [4.78, 5) is 13.3. The van der Waals surface area contributed by atoms with Gasteiger partial charge < -0.3 is 10.6 Å². The maximum Gasteiger partial charge on any atom is 0.221 e. The Labute approximate surface area is 118 Å². The third kappa shape index (κ3) is 3.51. The molecule has 1 unspecified atom stereocenters. The van der Waals surface area contributed by atoms with Crippen LogP contribution in [0.15, 0.2) is 29.2 Å². The van der Waals surface area contributed by atoms with Gasteiger partial charge >= 0.3 is 0 Å². The Balaban J connectivity index is 1.53.